The van der Waals surface area contributed by atoms with Crippen LogP contribution in [0.25, 0.3) is 0 Å². The van der Waals surface area contributed by atoms with Gasteiger partial charge in [-0.2, -0.15) is 0 Å². The second-order valence-electron chi connectivity index (χ2n) is 4.16. The summed E-state index contributed by atoms with van der Waals surface area (Å²) in [4.78, 5) is 0.228. The highest BCUT2D eigenvalue weighted by Gasteiger charge is 2.28. The topological polar surface area (TPSA) is 81.4 Å². The van der Waals surface area contributed by atoms with Crippen molar-refractivity contribution in [2.24, 2.45) is 0 Å². The van der Waals surface area contributed by atoms with E-state index in [0.717, 1.165) is 0 Å². The number of nitrogens with one attached hydrogen (secondary N) is 1. The third-order valence-corrected chi connectivity index (χ3v) is 4.38. The molecule has 2 unspecified atom stereocenters. The summed E-state index contributed by atoms with van der Waals surface area (Å²) >= 11 is 0. The minimum atomic E-state index is -3.48. The van der Waals surface area contributed by atoms with E-state index in [9.17, 15) is 8.42 Å². The van der Waals surface area contributed by atoms with Gasteiger partial charge in [-0.15, -0.1) is 0 Å². The summed E-state index contributed by atoms with van der Waals surface area (Å²) in [7, 11) is -3.48. The molecule has 0 amide bonds. The first-order valence-corrected chi connectivity index (χ1v) is 6.97. The van der Waals surface area contributed by atoms with Crippen molar-refractivity contribution in [2.75, 3.05) is 12.3 Å². The van der Waals surface area contributed by atoms with E-state index in [0.29, 0.717) is 18.7 Å². The molecule has 3 N–H and O–H groups in total. The SMILES string of the molecule is CC1OCCC1NS(=O)(=O)c1ccc(N)cc1. The molecule has 5 nitrogen and oxygen atoms in total. The maximum Gasteiger partial charge on any atom is 0.240 e. The molecule has 17 heavy (non-hydrogen) atoms. The molecule has 1 saturated heterocycles. The van der Waals surface area contributed by atoms with Crippen molar-refractivity contribution in [3.05, 3.63) is 24.3 Å². The Labute approximate surface area is 101 Å². The van der Waals surface area contributed by atoms with Gasteiger partial charge >= 0.3 is 0 Å². The van der Waals surface area contributed by atoms with Gasteiger partial charge in [0.1, 0.15) is 0 Å². The van der Waals surface area contributed by atoms with Gasteiger partial charge in [0.25, 0.3) is 0 Å². The first-order valence-electron chi connectivity index (χ1n) is 5.48. The fourth-order valence-electron chi connectivity index (χ4n) is 1.80. The maximum atomic E-state index is 12.0. The summed E-state index contributed by atoms with van der Waals surface area (Å²) < 4.78 is 32.0. The van der Waals surface area contributed by atoms with Crippen LogP contribution in [0, 0.1) is 0 Å². The average molecular weight is 256 g/mol. The first-order chi connectivity index (χ1) is 7.99. The molecule has 2 atom stereocenters. The lowest BCUT2D eigenvalue weighted by molar-refractivity contribution is 0.117. The number of rotatable bonds is 3. The third-order valence-electron chi connectivity index (χ3n) is 2.87. The molecular formula is C11H16N2O3S. The van der Waals surface area contributed by atoms with E-state index in [2.05, 4.69) is 4.72 Å². The second-order valence-corrected chi connectivity index (χ2v) is 5.88. The fourth-order valence-corrected chi connectivity index (χ4v) is 3.14. The van der Waals surface area contributed by atoms with Gasteiger partial charge in [-0.05, 0) is 37.6 Å². The van der Waals surface area contributed by atoms with Crippen molar-refractivity contribution in [3.8, 4) is 0 Å². The molecule has 1 aromatic rings. The van der Waals surface area contributed by atoms with Crippen molar-refractivity contribution in [1.82, 2.24) is 4.72 Å². The van der Waals surface area contributed by atoms with Crippen molar-refractivity contribution in [2.45, 2.75) is 30.4 Å². The molecule has 6 heteroatoms. The van der Waals surface area contributed by atoms with Crippen LogP contribution >= 0.6 is 0 Å². The number of hydrogen-bond donors (Lipinski definition) is 2. The van der Waals surface area contributed by atoms with Crippen LogP contribution in [0.3, 0.4) is 0 Å². The summed E-state index contributed by atoms with van der Waals surface area (Å²) in [6, 6.07) is 5.99. The highest BCUT2D eigenvalue weighted by molar-refractivity contribution is 7.89. The van der Waals surface area contributed by atoms with Crippen LogP contribution in [-0.2, 0) is 14.8 Å². The lowest BCUT2D eigenvalue weighted by Gasteiger charge is -2.16. The number of hydrogen-bond acceptors (Lipinski definition) is 4. The smallest absolute Gasteiger partial charge is 0.240 e. The normalized spacial score (nSPS) is 25.0. The Kier molecular flexibility index (Phi) is 3.37. The van der Waals surface area contributed by atoms with E-state index in [4.69, 9.17) is 10.5 Å². The standard InChI is InChI=1S/C11H16N2O3S/c1-8-11(6-7-16-8)13-17(14,15)10-4-2-9(12)3-5-10/h2-5,8,11,13H,6-7,12H2,1H3. The quantitative estimate of drug-likeness (QED) is 0.781. The first kappa shape index (κ1) is 12.3. The lowest BCUT2D eigenvalue weighted by atomic mass is 10.2. The second kappa shape index (κ2) is 4.64. The van der Waals surface area contributed by atoms with Crippen LogP contribution in [0.4, 0.5) is 5.69 Å². The summed E-state index contributed by atoms with van der Waals surface area (Å²) in [5, 5.41) is 0. The average Bonchev–Trinajstić information content (AvgIpc) is 2.64. The van der Waals surface area contributed by atoms with Gasteiger partial charge < -0.3 is 10.5 Å². The minimum absolute atomic E-state index is 0.0847. The molecule has 1 heterocycles. The number of nitrogens with two attached hydrogens (primary N) is 1. The molecule has 1 aromatic carbocycles. The lowest BCUT2D eigenvalue weighted by Crippen LogP contribution is -2.39. The fraction of sp³-hybridized carbons (Fsp3) is 0.455. The van der Waals surface area contributed by atoms with Crippen LogP contribution in [0.1, 0.15) is 13.3 Å². The van der Waals surface area contributed by atoms with Gasteiger partial charge in [0, 0.05) is 12.3 Å². The van der Waals surface area contributed by atoms with Crippen LogP contribution < -0.4 is 10.5 Å². The summed E-state index contributed by atoms with van der Waals surface area (Å²) in [5.74, 6) is 0. The third kappa shape index (κ3) is 2.77. The Morgan fingerprint density at radius 3 is 2.53 bits per heavy atom. The highest BCUT2D eigenvalue weighted by Crippen LogP contribution is 2.17. The van der Waals surface area contributed by atoms with Crippen molar-refractivity contribution >= 4 is 15.7 Å². The highest BCUT2D eigenvalue weighted by atomic mass is 32.2. The van der Waals surface area contributed by atoms with E-state index >= 15 is 0 Å². The van der Waals surface area contributed by atoms with Gasteiger partial charge in [0.05, 0.1) is 17.0 Å². The zero-order chi connectivity index (χ0) is 12.5. The zero-order valence-electron chi connectivity index (χ0n) is 9.59. The Hall–Kier alpha value is -1.11. The molecule has 0 radical (unpaired) electrons. The monoisotopic (exact) mass is 256 g/mol. The Balaban J connectivity index is 2.16. The molecule has 1 aliphatic heterocycles. The molecule has 0 saturated carbocycles. The molecule has 1 aliphatic rings. The molecular weight excluding hydrogens is 240 g/mol. The Morgan fingerprint density at radius 1 is 1.35 bits per heavy atom. The van der Waals surface area contributed by atoms with Crippen LogP contribution in [0.15, 0.2) is 29.2 Å². The van der Waals surface area contributed by atoms with E-state index in [1.54, 1.807) is 12.1 Å². The number of ether oxygens (including phenoxy) is 1. The van der Waals surface area contributed by atoms with Gasteiger partial charge in [-0.25, -0.2) is 13.1 Å². The van der Waals surface area contributed by atoms with E-state index in [1.807, 2.05) is 6.92 Å². The maximum absolute atomic E-state index is 12.0. The van der Waals surface area contributed by atoms with Gasteiger partial charge in [0.15, 0.2) is 0 Å². The van der Waals surface area contributed by atoms with Crippen molar-refractivity contribution in [1.29, 1.82) is 0 Å². The Bertz CT molecular complexity index is 484. The van der Waals surface area contributed by atoms with E-state index in [-0.39, 0.29) is 17.0 Å². The van der Waals surface area contributed by atoms with Crippen LogP contribution in [0.5, 0.6) is 0 Å². The summed E-state index contributed by atoms with van der Waals surface area (Å²) in [6.45, 7) is 2.46. The molecule has 0 spiro atoms. The molecule has 1 fully saturated rings. The molecule has 0 aromatic heterocycles. The van der Waals surface area contributed by atoms with Gasteiger partial charge in [-0.3, -0.25) is 0 Å². The number of anilines is 1. The van der Waals surface area contributed by atoms with Crippen LogP contribution in [0.2, 0.25) is 0 Å². The van der Waals surface area contributed by atoms with E-state index in [1.165, 1.54) is 12.1 Å². The zero-order valence-corrected chi connectivity index (χ0v) is 10.4. The van der Waals surface area contributed by atoms with Crippen molar-refractivity contribution in [3.63, 3.8) is 0 Å². The van der Waals surface area contributed by atoms with Gasteiger partial charge in [-0.1, -0.05) is 0 Å². The molecule has 2 rings (SSSR count). The summed E-state index contributed by atoms with van der Waals surface area (Å²) in [6.07, 6.45) is 0.619. The largest absolute Gasteiger partial charge is 0.399 e. The molecule has 94 valence electrons. The van der Waals surface area contributed by atoms with Gasteiger partial charge in [0.2, 0.25) is 10.0 Å². The number of nitrogen functional groups attached to an aromatic ring is 1. The van der Waals surface area contributed by atoms with Crippen molar-refractivity contribution < 1.29 is 13.2 Å². The Morgan fingerprint density at radius 2 is 2.00 bits per heavy atom. The number of sulfonamides is 1. The van der Waals surface area contributed by atoms with Crippen LogP contribution in [-0.4, -0.2) is 27.2 Å². The predicted molar refractivity (Wildman–Crippen MR) is 65.0 cm³/mol. The summed E-state index contributed by atoms with van der Waals surface area (Å²) in [5.41, 5.74) is 6.06. The minimum Gasteiger partial charge on any atom is -0.399 e. The van der Waals surface area contributed by atoms with E-state index < -0.39 is 10.0 Å². The number of benzene rings is 1. The predicted octanol–water partition coefficient (Wildman–Crippen LogP) is 0.724. The molecule has 0 bridgehead atoms. The molecule has 0 aliphatic carbocycles.